The van der Waals surface area contributed by atoms with Crippen molar-refractivity contribution in [2.75, 3.05) is 18.8 Å². The van der Waals surface area contributed by atoms with Gasteiger partial charge in [0.1, 0.15) is 6.04 Å². The summed E-state index contributed by atoms with van der Waals surface area (Å²) in [7, 11) is -3.76. The zero-order chi connectivity index (χ0) is 18.6. The predicted molar refractivity (Wildman–Crippen MR) is 93.6 cm³/mol. The number of sulfonamides is 1. The van der Waals surface area contributed by atoms with Crippen molar-refractivity contribution in [3.05, 3.63) is 35.4 Å². The fraction of sp³-hybridized carbons (Fsp3) is 0.529. The van der Waals surface area contributed by atoms with Gasteiger partial charge in [-0.1, -0.05) is 24.3 Å². The van der Waals surface area contributed by atoms with E-state index in [4.69, 9.17) is 0 Å². The second-order valence-electron chi connectivity index (χ2n) is 6.43. The number of hydrogen-bond donors (Lipinski definition) is 2. The van der Waals surface area contributed by atoms with Gasteiger partial charge in [-0.3, -0.25) is 9.59 Å². The Morgan fingerprint density at radius 2 is 1.84 bits per heavy atom. The number of carboxylic acid groups (broad SMARTS) is 1. The Bertz CT molecular complexity index is 722. The summed E-state index contributed by atoms with van der Waals surface area (Å²) in [5.41, 5.74) is 2.30. The van der Waals surface area contributed by atoms with Gasteiger partial charge in [-0.25, -0.2) is 8.42 Å². The van der Waals surface area contributed by atoms with E-state index in [1.165, 1.54) is 13.8 Å². The van der Waals surface area contributed by atoms with Crippen LogP contribution < -0.4 is 5.32 Å². The smallest absolute Gasteiger partial charge is 0.321 e. The van der Waals surface area contributed by atoms with Gasteiger partial charge in [0.25, 0.3) is 0 Å². The lowest BCUT2D eigenvalue weighted by molar-refractivity contribution is -0.140. The van der Waals surface area contributed by atoms with E-state index in [1.54, 1.807) is 0 Å². The van der Waals surface area contributed by atoms with Crippen LogP contribution >= 0.6 is 0 Å². The molecule has 2 N–H and O–H groups in total. The van der Waals surface area contributed by atoms with E-state index in [0.29, 0.717) is 12.8 Å². The van der Waals surface area contributed by atoms with Gasteiger partial charge in [0.05, 0.1) is 5.75 Å². The molecule has 1 aliphatic carbocycles. The van der Waals surface area contributed by atoms with E-state index in [2.05, 4.69) is 5.32 Å². The summed E-state index contributed by atoms with van der Waals surface area (Å²) < 4.78 is 26.6. The van der Waals surface area contributed by atoms with Crippen LogP contribution in [-0.4, -0.2) is 54.6 Å². The van der Waals surface area contributed by atoms with Gasteiger partial charge < -0.3 is 10.4 Å². The number of carbonyl (C=O) groups excluding carboxylic acids is 1. The first-order valence-corrected chi connectivity index (χ1v) is 9.85. The number of benzene rings is 1. The second kappa shape index (κ2) is 7.97. The Kier molecular flexibility index (Phi) is 6.18. The van der Waals surface area contributed by atoms with E-state index < -0.39 is 22.0 Å². The number of nitrogens with one attached hydrogen (secondary N) is 1. The van der Waals surface area contributed by atoms with E-state index in [9.17, 15) is 23.1 Å². The normalized spacial score (nSPS) is 15.8. The molecule has 0 saturated heterocycles. The first kappa shape index (κ1) is 19.4. The molecular weight excluding hydrogens is 344 g/mol. The monoisotopic (exact) mass is 368 g/mol. The molecular formula is C17H24N2O5S. The van der Waals surface area contributed by atoms with Crippen LogP contribution in [0.1, 0.15) is 25.0 Å². The third-order valence-corrected chi connectivity index (χ3v) is 6.54. The molecule has 1 unspecified atom stereocenters. The van der Waals surface area contributed by atoms with Crippen molar-refractivity contribution in [3.63, 3.8) is 0 Å². The number of fused-ring (bicyclic) bond motifs is 1. The van der Waals surface area contributed by atoms with Crippen molar-refractivity contribution in [2.45, 2.75) is 32.7 Å². The zero-order valence-corrected chi connectivity index (χ0v) is 15.3. The van der Waals surface area contributed by atoms with E-state index in [0.717, 1.165) is 15.4 Å². The fourth-order valence-corrected chi connectivity index (χ4v) is 5.16. The average Bonchev–Trinajstić information content (AvgIpc) is 2.91. The Morgan fingerprint density at radius 3 is 2.32 bits per heavy atom. The largest absolute Gasteiger partial charge is 0.480 e. The van der Waals surface area contributed by atoms with Crippen molar-refractivity contribution < 1.29 is 23.1 Å². The summed E-state index contributed by atoms with van der Waals surface area (Å²) in [5, 5.41) is 11.7. The third-order valence-electron chi connectivity index (χ3n) is 4.43. The number of carboxylic acids is 1. The molecule has 0 saturated carbocycles. The number of carbonyl (C=O) groups is 2. The van der Waals surface area contributed by atoms with Gasteiger partial charge in [0.2, 0.25) is 15.9 Å². The standard InChI is InChI=1S/C17H24N2O5S/c1-12(17(21)22)19(8-7-18-13(2)20)25(23,24)11-14-9-15-5-3-4-6-16(15)10-14/h3-6,12,14H,7-11H2,1-2H3,(H,18,20)(H,21,22). The molecule has 0 bridgehead atoms. The molecule has 0 radical (unpaired) electrons. The quantitative estimate of drug-likeness (QED) is 0.701. The maximum Gasteiger partial charge on any atom is 0.321 e. The highest BCUT2D eigenvalue weighted by molar-refractivity contribution is 7.89. The molecule has 25 heavy (non-hydrogen) atoms. The minimum absolute atomic E-state index is 0.0605. The molecule has 1 aliphatic rings. The SMILES string of the molecule is CC(=O)NCCN(C(C)C(=O)O)S(=O)(=O)CC1Cc2ccccc2C1. The minimum Gasteiger partial charge on any atom is -0.480 e. The first-order valence-electron chi connectivity index (χ1n) is 8.24. The molecule has 0 aliphatic heterocycles. The van der Waals surface area contributed by atoms with Gasteiger partial charge in [-0.15, -0.1) is 0 Å². The predicted octanol–water partition coefficient (Wildman–Crippen LogP) is 0.642. The van der Waals surface area contributed by atoms with Crippen LogP contribution in [0.4, 0.5) is 0 Å². The van der Waals surface area contributed by atoms with Crippen molar-refractivity contribution in [1.29, 1.82) is 0 Å². The lowest BCUT2D eigenvalue weighted by Gasteiger charge is -2.27. The lowest BCUT2D eigenvalue weighted by Crippen LogP contribution is -2.48. The fourth-order valence-electron chi connectivity index (χ4n) is 3.20. The van der Waals surface area contributed by atoms with E-state index in [-0.39, 0.29) is 30.7 Å². The maximum absolute atomic E-state index is 12.8. The van der Waals surface area contributed by atoms with Gasteiger partial charge in [0.15, 0.2) is 0 Å². The molecule has 1 amide bonds. The highest BCUT2D eigenvalue weighted by Crippen LogP contribution is 2.28. The first-order chi connectivity index (χ1) is 11.7. The van der Waals surface area contributed by atoms with Crippen molar-refractivity contribution in [2.24, 2.45) is 5.92 Å². The van der Waals surface area contributed by atoms with Crippen molar-refractivity contribution in [3.8, 4) is 0 Å². The van der Waals surface area contributed by atoms with Crippen LogP contribution in [-0.2, 0) is 32.5 Å². The van der Waals surface area contributed by atoms with Crippen LogP contribution in [0.15, 0.2) is 24.3 Å². The molecule has 1 atom stereocenters. The third kappa shape index (κ3) is 5.02. The Morgan fingerprint density at radius 1 is 1.28 bits per heavy atom. The van der Waals surface area contributed by atoms with Crippen LogP contribution in [0.5, 0.6) is 0 Å². The number of aliphatic carboxylic acids is 1. The highest BCUT2D eigenvalue weighted by Gasteiger charge is 2.34. The summed E-state index contributed by atoms with van der Waals surface area (Å²) in [6.07, 6.45) is 1.35. The van der Waals surface area contributed by atoms with Gasteiger partial charge in [-0.2, -0.15) is 4.31 Å². The molecule has 0 heterocycles. The van der Waals surface area contributed by atoms with Crippen molar-refractivity contribution >= 4 is 21.9 Å². The Balaban J connectivity index is 2.09. The van der Waals surface area contributed by atoms with Crippen LogP contribution in [0.2, 0.25) is 0 Å². The zero-order valence-electron chi connectivity index (χ0n) is 14.4. The summed E-state index contributed by atoms with van der Waals surface area (Å²) >= 11 is 0. The van der Waals surface area contributed by atoms with Gasteiger partial charge in [-0.05, 0) is 36.8 Å². The Hall–Kier alpha value is -1.93. The Labute approximate surface area is 148 Å². The molecule has 0 fully saturated rings. The molecule has 1 aromatic carbocycles. The summed E-state index contributed by atoms with van der Waals surface area (Å²) in [6.45, 7) is 2.69. The molecule has 1 aromatic rings. The maximum atomic E-state index is 12.8. The molecule has 8 heteroatoms. The molecule has 138 valence electrons. The van der Waals surface area contributed by atoms with E-state index >= 15 is 0 Å². The van der Waals surface area contributed by atoms with Crippen LogP contribution in [0, 0.1) is 5.92 Å². The second-order valence-corrected chi connectivity index (χ2v) is 8.40. The topological polar surface area (TPSA) is 104 Å². The van der Waals surface area contributed by atoms with Gasteiger partial charge in [0, 0.05) is 20.0 Å². The lowest BCUT2D eigenvalue weighted by atomic mass is 10.1. The number of hydrogen-bond acceptors (Lipinski definition) is 4. The van der Waals surface area contributed by atoms with Gasteiger partial charge >= 0.3 is 5.97 Å². The summed E-state index contributed by atoms with van der Waals surface area (Å²) in [5.74, 6) is -1.65. The van der Waals surface area contributed by atoms with Crippen LogP contribution in [0.25, 0.3) is 0 Å². The van der Waals surface area contributed by atoms with Crippen molar-refractivity contribution in [1.82, 2.24) is 9.62 Å². The summed E-state index contributed by atoms with van der Waals surface area (Å²) in [6, 6.07) is 6.68. The number of nitrogens with zero attached hydrogens (tertiary/aromatic N) is 1. The van der Waals surface area contributed by atoms with Crippen LogP contribution in [0.3, 0.4) is 0 Å². The molecule has 0 aromatic heterocycles. The average molecular weight is 368 g/mol. The minimum atomic E-state index is -3.76. The molecule has 7 nitrogen and oxygen atoms in total. The number of rotatable bonds is 8. The number of amides is 1. The summed E-state index contributed by atoms with van der Waals surface area (Å²) in [4.78, 5) is 22.3. The molecule has 2 rings (SSSR count). The highest BCUT2D eigenvalue weighted by atomic mass is 32.2. The molecule has 0 spiro atoms. The van der Waals surface area contributed by atoms with E-state index in [1.807, 2.05) is 24.3 Å².